The summed E-state index contributed by atoms with van der Waals surface area (Å²) in [6, 6.07) is 9.78. The number of hydrogen-bond acceptors (Lipinski definition) is 4. The summed E-state index contributed by atoms with van der Waals surface area (Å²) in [6.45, 7) is 17.9. The molecular formula is C38H53NO4. The number of para-hydroxylation sites is 1. The Bertz CT molecular complexity index is 1360. The maximum absolute atomic E-state index is 14.6. The number of rotatable bonds is 3. The van der Waals surface area contributed by atoms with Gasteiger partial charge in [-0.15, -0.1) is 0 Å². The molecule has 6 rings (SSSR count). The van der Waals surface area contributed by atoms with Crippen molar-refractivity contribution in [1.82, 2.24) is 0 Å². The van der Waals surface area contributed by atoms with Crippen molar-refractivity contribution in [2.75, 3.05) is 5.32 Å². The SMILES string of the molecule is CC(=O)O[C@@H]1CC[C@]2(C)[C@H](CC[C@]3(C)[C@@H]2C(=O)C=C2[C@@H]4C[C@](C)(C(=O)Nc5ccccc5)CC[C@]4(C)CC[C@]23C)C1(C)C. The number of allylic oxidation sites excluding steroid dienone is 2. The fraction of sp³-hybridized carbons (Fsp3) is 0.711. The van der Waals surface area contributed by atoms with Crippen molar-refractivity contribution >= 4 is 23.3 Å². The van der Waals surface area contributed by atoms with Gasteiger partial charge in [-0.3, -0.25) is 14.4 Å². The van der Waals surface area contributed by atoms with E-state index in [0.717, 1.165) is 63.5 Å². The molecule has 5 nitrogen and oxygen atoms in total. The molecule has 4 fully saturated rings. The smallest absolute Gasteiger partial charge is 0.302 e. The van der Waals surface area contributed by atoms with Gasteiger partial charge in [0, 0.05) is 29.4 Å². The lowest BCUT2D eigenvalue weighted by Gasteiger charge is -2.70. The zero-order valence-corrected chi connectivity index (χ0v) is 27.8. The Labute approximate surface area is 259 Å². The van der Waals surface area contributed by atoms with Crippen LogP contribution in [0.25, 0.3) is 0 Å². The van der Waals surface area contributed by atoms with Gasteiger partial charge < -0.3 is 10.1 Å². The molecule has 0 bridgehead atoms. The van der Waals surface area contributed by atoms with E-state index in [2.05, 4.69) is 59.9 Å². The second kappa shape index (κ2) is 9.78. The summed E-state index contributed by atoms with van der Waals surface area (Å²) >= 11 is 0. The maximum atomic E-state index is 14.6. The molecule has 0 radical (unpaired) electrons. The van der Waals surface area contributed by atoms with Crippen LogP contribution in [0.2, 0.25) is 0 Å². The highest BCUT2D eigenvalue weighted by atomic mass is 16.5. The van der Waals surface area contributed by atoms with Gasteiger partial charge in [-0.1, -0.05) is 72.2 Å². The van der Waals surface area contributed by atoms with Crippen LogP contribution in [0.1, 0.15) is 113 Å². The molecule has 5 aliphatic carbocycles. The molecule has 1 amide bonds. The maximum Gasteiger partial charge on any atom is 0.302 e. The number of ketones is 1. The Hall–Kier alpha value is -2.43. The van der Waals surface area contributed by atoms with Gasteiger partial charge in [-0.05, 0) is 109 Å². The number of benzene rings is 1. The van der Waals surface area contributed by atoms with Crippen molar-refractivity contribution in [2.45, 2.75) is 119 Å². The average molecular weight is 588 g/mol. The number of carbonyl (C=O) groups is 3. The topological polar surface area (TPSA) is 72.5 Å². The number of anilines is 1. The summed E-state index contributed by atoms with van der Waals surface area (Å²) in [4.78, 5) is 40.4. The lowest BCUT2D eigenvalue weighted by atomic mass is 9.33. The van der Waals surface area contributed by atoms with Crippen LogP contribution in [0.15, 0.2) is 42.0 Å². The molecule has 0 spiro atoms. The fourth-order valence-electron chi connectivity index (χ4n) is 11.6. The van der Waals surface area contributed by atoms with Crippen LogP contribution < -0.4 is 5.32 Å². The summed E-state index contributed by atoms with van der Waals surface area (Å²) in [6.07, 6.45) is 10.6. The van der Waals surface area contributed by atoms with E-state index in [1.165, 1.54) is 12.5 Å². The summed E-state index contributed by atoms with van der Waals surface area (Å²) in [7, 11) is 0. The number of esters is 1. The van der Waals surface area contributed by atoms with E-state index in [0.29, 0.717) is 11.7 Å². The van der Waals surface area contributed by atoms with E-state index >= 15 is 0 Å². The standard InChI is InChI=1S/C38H53NO4/c1-24(40)43-30-15-16-36(6)29(33(30,2)3)14-17-38(8)31(36)28(41)22-26-27-23-35(5,32(42)39-25-12-10-9-11-13-25)19-18-34(27,4)20-21-37(26,38)7/h9-13,22,27,29-31H,14-21,23H2,1-8H3,(H,39,42)/t27-,29+,30+,31+,34+,35+,36+,37+,38+/m0/s1. The van der Waals surface area contributed by atoms with Crippen molar-refractivity contribution in [2.24, 2.45) is 50.2 Å². The van der Waals surface area contributed by atoms with Gasteiger partial charge in [0.15, 0.2) is 5.78 Å². The lowest BCUT2D eigenvalue weighted by Crippen LogP contribution is -2.66. The zero-order valence-electron chi connectivity index (χ0n) is 27.8. The van der Waals surface area contributed by atoms with Gasteiger partial charge in [-0.25, -0.2) is 0 Å². The summed E-state index contributed by atoms with van der Waals surface area (Å²) in [5.41, 5.74) is 1.22. The average Bonchev–Trinajstić information content (AvgIpc) is 2.93. The van der Waals surface area contributed by atoms with Crippen molar-refractivity contribution in [3.05, 3.63) is 42.0 Å². The highest BCUT2D eigenvalue weighted by Crippen LogP contribution is 2.75. The van der Waals surface area contributed by atoms with Crippen LogP contribution in [0, 0.1) is 50.2 Å². The van der Waals surface area contributed by atoms with Gasteiger partial charge in [-0.2, -0.15) is 0 Å². The van der Waals surface area contributed by atoms with Crippen LogP contribution in [-0.4, -0.2) is 23.8 Å². The zero-order chi connectivity index (χ0) is 31.2. The predicted octanol–water partition coefficient (Wildman–Crippen LogP) is 8.54. The number of amides is 1. The molecule has 0 aromatic heterocycles. The first-order chi connectivity index (χ1) is 20.0. The van der Waals surface area contributed by atoms with Gasteiger partial charge in [0.2, 0.25) is 5.91 Å². The second-order valence-electron chi connectivity index (χ2n) is 17.0. The molecule has 0 aliphatic heterocycles. The van der Waals surface area contributed by atoms with Crippen LogP contribution in [0.3, 0.4) is 0 Å². The highest BCUT2D eigenvalue weighted by molar-refractivity contribution is 5.96. The molecule has 1 aromatic carbocycles. The van der Waals surface area contributed by atoms with Crippen molar-refractivity contribution in [3.63, 3.8) is 0 Å². The molecule has 1 aromatic rings. The Balaban J connectivity index is 1.36. The predicted molar refractivity (Wildman–Crippen MR) is 170 cm³/mol. The van der Waals surface area contributed by atoms with Crippen LogP contribution in [0.5, 0.6) is 0 Å². The number of ether oxygens (including phenoxy) is 1. The molecule has 1 N–H and O–H groups in total. The molecule has 9 atom stereocenters. The Morgan fingerprint density at radius 2 is 1.53 bits per heavy atom. The van der Waals surface area contributed by atoms with Crippen molar-refractivity contribution < 1.29 is 19.1 Å². The van der Waals surface area contributed by atoms with Gasteiger partial charge >= 0.3 is 5.97 Å². The third-order valence-electron chi connectivity index (χ3n) is 14.4. The van der Waals surface area contributed by atoms with Crippen molar-refractivity contribution in [3.8, 4) is 0 Å². The highest BCUT2D eigenvalue weighted by Gasteiger charge is 2.70. The minimum absolute atomic E-state index is 0.0502. The largest absolute Gasteiger partial charge is 0.462 e. The molecule has 5 heteroatoms. The number of hydrogen-bond donors (Lipinski definition) is 1. The molecular weight excluding hydrogens is 534 g/mol. The molecule has 43 heavy (non-hydrogen) atoms. The second-order valence-corrected chi connectivity index (χ2v) is 17.0. The van der Waals surface area contributed by atoms with Crippen LogP contribution in [0.4, 0.5) is 5.69 Å². The normalized spacial score (nSPS) is 44.9. The lowest BCUT2D eigenvalue weighted by molar-refractivity contribution is -0.210. The van der Waals surface area contributed by atoms with Crippen molar-refractivity contribution in [1.29, 1.82) is 0 Å². The molecule has 234 valence electrons. The summed E-state index contributed by atoms with van der Waals surface area (Å²) in [5, 5.41) is 3.21. The Morgan fingerprint density at radius 3 is 2.21 bits per heavy atom. The van der Waals surface area contributed by atoms with E-state index in [-0.39, 0.29) is 56.9 Å². The molecule has 5 aliphatic rings. The monoisotopic (exact) mass is 587 g/mol. The summed E-state index contributed by atoms with van der Waals surface area (Å²) in [5.74, 6) is 0.667. The number of fused-ring (bicyclic) bond motifs is 7. The first-order valence-electron chi connectivity index (χ1n) is 16.8. The minimum Gasteiger partial charge on any atom is -0.462 e. The third kappa shape index (κ3) is 4.33. The first kappa shape index (κ1) is 30.6. The van der Waals surface area contributed by atoms with Crippen LogP contribution in [-0.2, 0) is 19.1 Å². The number of nitrogens with one attached hydrogen (secondary N) is 1. The molecule has 4 saturated carbocycles. The molecule has 0 saturated heterocycles. The molecule has 0 unspecified atom stereocenters. The quantitative estimate of drug-likeness (QED) is 0.360. The van der Waals surface area contributed by atoms with Gasteiger partial charge in [0.1, 0.15) is 6.10 Å². The Kier molecular flexibility index (Phi) is 6.96. The van der Waals surface area contributed by atoms with E-state index in [1.54, 1.807) is 0 Å². The third-order valence-corrected chi connectivity index (χ3v) is 14.4. The van der Waals surface area contributed by atoms with Gasteiger partial charge in [0.25, 0.3) is 0 Å². The summed E-state index contributed by atoms with van der Waals surface area (Å²) < 4.78 is 5.87. The number of carbonyl (C=O) groups excluding carboxylic acids is 3. The first-order valence-corrected chi connectivity index (χ1v) is 16.8. The van der Waals surface area contributed by atoms with E-state index in [4.69, 9.17) is 4.74 Å². The van der Waals surface area contributed by atoms with E-state index < -0.39 is 5.41 Å². The fourth-order valence-corrected chi connectivity index (χ4v) is 11.6. The van der Waals surface area contributed by atoms with Gasteiger partial charge in [0.05, 0.1) is 0 Å². The Morgan fingerprint density at radius 1 is 0.860 bits per heavy atom. The van der Waals surface area contributed by atoms with E-state index in [1.807, 2.05) is 30.3 Å². The van der Waals surface area contributed by atoms with Crippen LogP contribution >= 0.6 is 0 Å². The minimum atomic E-state index is -0.483. The molecule has 0 heterocycles. The van der Waals surface area contributed by atoms with E-state index in [9.17, 15) is 14.4 Å².